The Morgan fingerprint density at radius 3 is 2.71 bits per heavy atom. The van der Waals surface area contributed by atoms with Gasteiger partial charge in [-0.15, -0.1) is 0 Å². The van der Waals surface area contributed by atoms with Crippen LogP contribution in [-0.2, 0) is 4.79 Å². The van der Waals surface area contributed by atoms with Gasteiger partial charge in [0.05, 0.1) is 0 Å². The van der Waals surface area contributed by atoms with Crippen LogP contribution in [0.25, 0.3) is 0 Å². The minimum atomic E-state index is -0.232. The molecule has 0 spiro atoms. The lowest BCUT2D eigenvalue weighted by atomic mass is 9.98. The summed E-state index contributed by atoms with van der Waals surface area (Å²) in [6.45, 7) is 8.26. The summed E-state index contributed by atoms with van der Waals surface area (Å²) in [7, 11) is 0. The fraction of sp³-hybridized carbons (Fsp3) is 0.529. The molecule has 0 radical (unpaired) electrons. The number of amides is 1. The largest absolute Gasteiger partial charge is 0.483 e. The van der Waals surface area contributed by atoms with Crippen molar-refractivity contribution in [2.75, 3.05) is 6.61 Å². The maximum absolute atomic E-state index is 11.7. The third-order valence-corrected chi connectivity index (χ3v) is 3.40. The molecule has 0 aromatic heterocycles. The highest BCUT2D eigenvalue weighted by Gasteiger charge is 2.10. The Hall–Kier alpha value is -1.84. The van der Waals surface area contributed by atoms with Crippen LogP contribution in [0.3, 0.4) is 0 Å². The highest BCUT2D eigenvalue weighted by molar-refractivity contribution is 5.84. The first-order valence-electron chi connectivity index (χ1n) is 7.62. The van der Waals surface area contributed by atoms with E-state index in [4.69, 9.17) is 4.74 Å². The van der Waals surface area contributed by atoms with Crippen molar-refractivity contribution in [1.29, 1.82) is 0 Å². The molecule has 0 heterocycles. The lowest BCUT2D eigenvalue weighted by Crippen LogP contribution is -2.25. The molecule has 116 valence electrons. The normalized spacial score (nSPS) is 12.9. The van der Waals surface area contributed by atoms with E-state index in [-0.39, 0.29) is 12.5 Å². The van der Waals surface area contributed by atoms with Gasteiger partial charge in [-0.2, -0.15) is 5.10 Å². The van der Waals surface area contributed by atoms with Crippen molar-refractivity contribution in [3.05, 3.63) is 29.8 Å². The highest BCUT2D eigenvalue weighted by atomic mass is 16.5. The van der Waals surface area contributed by atoms with Crippen LogP contribution in [0.4, 0.5) is 0 Å². The summed E-state index contributed by atoms with van der Waals surface area (Å²) in [6, 6.07) is 7.86. The third-order valence-electron chi connectivity index (χ3n) is 3.40. The minimum Gasteiger partial charge on any atom is -0.483 e. The van der Waals surface area contributed by atoms with E-state index in [0.717, 1.165) is 36.3 Å². The van der Waals surface area contributed by atoms with Crippen molar-refractivity contribution in [3.8, 4) is 5.75 Å². The number of hydrogen-bond acceptors (Lipinski definition) is 3. The van der Waals surface area contributed by atoms with Crippen LogP contribution < -0.4 is 10.2 Å². The number of benzene rings is 1. The molecular formula is C17H26N2O2. The van der Waals surface area contributed by atoms with E-state index in [1.54, 1.807) is 0 Å². The molecule has 4 nitrogen and oxygen atoms in total. The zero-order valence-electron chi connectivity index (χ0n) is 13.5. The van der Waals surface area contributed by atoms with Gasteiger partial charge in [-0.05, 0) is 37.3 Å². The van der Waals surface area contributed by atoms with Gasteiger partial charge >= 0.3 is 0 Å². The number of hydrazone groups is 1. The van der Waals surface area contributed by atoms with Crippen LogP contribution in [0.2, 0.25) is 0 Å². The van der Waals surface area contributed by atoms with E-state index >= 15 is 0 Å². The summed E-state index contributed by atoms with van der Waals surface area (Å²) in [5.41, 5.74) is 4.58. The molecule has 1 N–H and O–H groups in total. The molecule has 4 heteroatoms. The molecule has 1 unspecified atom stereocenters. The van der Waals surface area contributed by atoms with Crippen molar-refractivity contribution < 1.29 is 9.53 Å². The van der Waals surface area contributed by atoms with Gasteiger partial charge < -0.3 is 4.74 Å². The molecule has 21 heavy (non-hydrogen) atoms. The predicted octanol–water partition coefficient (Wildman–Crippen LogP) is 3.87. The number of carbonyl (C=O) groups excluding carboxylic acids is 1. The van der Waals surface area contributed by atoms with Crippen LogP contribution in [0, 0.1) is 0 Å². The lowest BCUT2D eigenvalue weighted by Gasteiger charge is -2.15. The second-order valence-corrected chi connectivity index (χ2v) is 5.27. The number of hydrogen-bond donors (Lipinski definition) is 1. The molecule has 1 rings (SSSR count). The van der Waals surface area contributed by atoms with Gasteiger partial charge in [0.25, 0.3) is 5.91 Å². The van der Waals surface area contributed by atoms with Crippen LogP contribution in [0.15, 0.2) is 29.4 Å². The maximum Gasteiger partial charge on any atom is 0.277 e. The van der Waals surface area contributed by atoms with E-state index in [1.165, 1.54) is 0 Å². The number of rotatable bonds is 8. The molecule has 0 fully saturated rings. The summed E-state index contributed by atoms with van der Waals surface area (Å²) >= 11 is 0. The van der Waals surface area contributed by atoms with Gasteiger partial charge in [0.2, 0.25) is 0 Å². The Labute approximate surface area is 127 Å². The molecule has 0 aliphatic carbocycles. The van der Waals surface area contributed by atoms with E-state index in [9.17, 15) is 4.79 Å². The molecule has 0 bridgehead atoms. The van der Waals surface area contributed by atoms with Crippen molar-refractivity contribution in [3.63, 3.8) is 0 Å². The van der Waals surface area contributed by atoms with Crippen LogP contribution in [0.1, 0.15) is 58.4 Å². The number of carbonyl (C=O) groups is 1. The molecule has 1 amide bonds. The molecule has 0 saturated heterocycles. The van der Waals surface area contributed by atoms with Gasteiger partial charge in [-0.25, -0.2) is 5.43 Å². The van der Waals surface area contributed by atoms with Crippen LogP contribution in [-0.4, -0.2) is 18.2 Å². The predicted molar refractivity (Wildman–Crippen MR) is 86.8 cm³/mol. The molecule has 0 saturated carbocycles. The molecule has 1 atom stereocenters. The summed E-state index contributed by atoms with van der Waals surface area (Å²) in [6.07, 6.45) is 2.94. The molecule has 1 aromatic rings. The van der Waals surface area contributed by atoms with Crippen molar-refractivity contribution in [2.24, 2.45) is 5.10 Å². The van der Waals surface area contributed by atoms with Crippen molar-refractivity contribution in [2.45, 2.75) is 52.9 Å². The van der Waals surface area contributed by atoms with Gasteiger partial charge in [0.1, 0.15) is 5.75 Å². The van der Waals surface area contributed by atoms with E-state index in [2.05, 4.69) is 31.3 Å². The topological polar surface area (TPSA) is 50.7 Å². The molecular weight excluding hydrogens is 264 g/mol. The van der Waals surface area contributed by atoms with E-state index in [1.807, 2.05) is 31.2 Å². The second-order valence-electron chi connectivity index (χ2n) is 5.27. The fourth-order valence-corrected chi connectivity index (χ4v) is 1.99. The first kappa shape index (κ1) is 17.2. The Balaban J connectivity index is 2.55. The zero-order valence-corrected chi connectivity index (χ0v) is 13.5. The molecule has 1 aromatic carbocycles. The fourth-order valence-electron chi connectivity index (χ4n) is 1.99. The van der Waals surface area contributed by atoms with E-state index in [0.29, 0.717) is 5.92 Å². The highest BCUT2D eigenvalue weighted by Crippen LogP contribution is 2.28. The second kappa shape index (κ2) is 9.16. The Bertz CT molecular complexity index is 483. The minimum absolute atomic E-state index is 0.0175. The van der Waals surface area contributed by atoms with Crippen molar-refractivity contribution in [1.82, 2.24) is 5.43 Å². The van der Waals surface area contributed by atoms with Gasteiger partial charge in [-0.1, -0.05) is 45.4 Å². The van der Waals surface area contributed by atoms with Crippen molar-refractivity contribution >= 4 is 11.6 Å². The Morgan fingerprint density at radius 1 is 1.33 bits per heavy atom. The SMILES string of the molecule is CCC/C(C)=N/NC(=O)COc1ccccc1C(C)CC. The summed E-state index contributed by atoms with van der Waals surface area (Å²) in [5, 5.41) is 4.04. The Morgan fingerprint density at radius 2 is 2.05 bits per heavy atom. The maximum atomic E-state index is 11.7. The van der Waals surface area contributed by atoms with Gasteiger partial charge in [0.15, 0.2) is 6.61 Å². The number of nitrogens with zero attached hydrogens (tertiary/aromatic N) is 1. The average Bonchev–Trinajstić information content (AvgIpc) is 2.50. The first-order chi connectivity index (χ1) is 10.1. The number of ether oxygens (including phenoxy) is 1. The van der Waals surface area contributed by atoms with Crippen LogP contribution >= 0.6 is 0 Å². The lowest BCUT2D eigenvalue weighted by molar-refractivity contribution is -0.123. The summed E-state index contributed by atoms with van der Waals surface area (Å²) in [4.78, 5) is 11.7. The quantitative estimate of drug-likeness (QED) is 0.583. The average molecular weight is 290 g/mol. The van der Waals surface area contributed by atoms with Gasteiger partial charge in [-0.3, -0.25) is 4.79 Å². The summed E-state index contributed by atoms with van der Waals surface area (Å²) < 4.78 is 5.63. The monoisotopic (exact) mass is 290 g/mol. The zero-order chi connectivity index (χ0) is 15.7. The van der Waals surface area contributed by atoms with Gasteiger partial charge in [0, 0.05) is 5.71 Å². The third kappa shape index (κ3) is 5.98. The molecule has 0 aliphatic rings. The first-order valence-corrected chi connectivity index (χ1v) is 7.62. The number of para-hydroxylation sites is 1. The summed E-state index contributed by atoms with van der Waals surface area (Å²) in [5.74, 6) is 0.953. The van der Waals surface area contributed by atoms with E-state index < -0.39 is 0 Å². The standard InChI is InChI=1S/C17H26N2O2/c1-5-9-14(4)18-19-17(20)12-21-16-11-8-7-10-15(16)13(3)6-2/h7-8,10-11,13H,5-6,9,12H2,1-4H3,(H,19,20)/b18-14+. The molecule has 0 aliphatic heterocycles. The smallest absolute Gasteiger partial charge is 0.277 e. The Kier molecular flexibility index (Phi) is 7.51. The number of nitrogens with one attached hydrogen (secondary N) is 1. The van der Waals surface area contributed by atoms with Crippen LogP contribution in [0.5, 0.6) is 5.75 Å².